The van der Waals surface area contributed by atoms with Gasteiger partial charge in [-0.25, -0.2) is 4.39 Å². The second kappa shape index (κ2) is 5.26. The molecule has 1 nitrogen and oxygen atoms in total. The Bertz CT molecular complexity index is 374. The van der Waals surface area contributed by atoms with Crippen molar-refractivity contribution in [1.29, 1.82) is 0 Å². The molecule has 0 fully saturated rings. The molecule has 0 N–H and O–H groups in total. The van der Waals surface area contributed by atoms with E-state index in [-0.39, 0.29) is 11.3 Å². The number of hydrogen-bond acceptors (Lipinski definition) is 1. The molecule has 0 unspecified atom stereocenters. The van der Waals surface area contributed by atoms with Crippen molar-refractivity contribution in [1.82, 2.24) is 0 Å². The fourth-order valence-corrected chi connectivity index (χ4v) is 1.49. The van der Waals surface area contributed by atoms with Crippen molar-refractivity contribution in [3.8, 4) is 0 Å². The van der Waals surface area contributed by atoms with Crippen LogP contribution in [0.4, 0.5) is 4.39 Å². The van der Waals surface area contributed by atoms with Crippen molar-refractivity contribution in [2.45, 2.75) is 33.1 Å². The fourth-order valence-electron chi connectivity index (χ4n) is 1.34. The van der Waals surface area contributed by atoms with Crippen molar-refractivity contribution in [3.05, 3.63) is 34.1 Å². The minimum atomic E-state index is -0.522. The Balaban J connectivity index is 2.94. The summed E-state index contributed by atoms with van der Waals surface area (Å²) < 4.78 is 13.4. The summed E-state index contributed by atoms with van der Waals surface area (Å²) in [6.45, 7) is 3.76. The number of aryl methyl sites for hydroxylation is 1. The highest BCUT2D eigenvalue weighted by Crippen LogP contribution is 2.21. The lowest BCUT2D eigenvalue weighted by Crippen LogP contribution is -2.03. The van der Waals surface area contributed by atoms with Crippen molar-refractivity contribution >= 4 is 17.4 Å². The third-order valence-corrected chi connectivity index (χ3v) is 2.71. The van der Waals surface area contributed by atoms with E-state index in [2.05, 4.69) is 0 Å². The SMILES string of the molecule is CCCCC(=O)c1cc(C)c(Cl)cc1F. The molecule has 0 spiro atoms. The predicted molar refractivity (Wildman–Crippen MR) is 60.0 cm³/mol. The number of unbranched alkanes of at least 4 members (excludes halogenated alkanes) is 1. The zero-order valence-electron chi connectivity index (χ0n) is 8.94. The normalized spacial score (nSPS) is 10.4. The minimum absolute atomic E-state index is 0.144. The molecule has 0 radical (unpaired) electrons. The van der Waals surface area contributed by atoms with Crippen LogP contribution in [0.25, 0.3) is 0 Å². The van der Waals surface area contributed by atoms with Crippen LogP contribution < -0.4 is 0 Å². The number of carbonyl (C=O) groups is 1. The minimum Gasteiger partial charge on any atom is -0.294 e. The second-order valence-electron chi connectivity index (χ2n) is 3.61. The van der Waals surface area contributed by atoms with E-state index in [1.165, 1.54) is 12.1 Å². The topological polar surface area (TPSA) is 17.1 Å². The van der Waals surface area contributed by atoms with Crippen LogP contribution in [0.3, 0.4) is 0 Å². The summed E-state index contributed by atoms with van der Waals surface area (Å²) in [5.74, 6) is -0.666. The molecule has 1 rings (SSSR count). The van der Waals surface area contributed by atoms with Gasteiger partial charge in [-0.2, -0.15) is 0 Å². The molecule has 0 saturated carbocycles. The maximum absolute atomic E-state index is 13.4. The summed E-state index contributed by atoms with van der Waals surface area (Å²) in [7, 11) is 0. The van der Waals surface area contributed by atoms with E-state index in [4.69, 9.17) is 11.6 Å². The Morgan fingerprint density at radius 1 is 1.47 bits per heavy atom. The first kappa shape index (κ1) is 12.2. The lowest BCUT2D eigenvalue weighted by atomic mass is 10.0. The van der Waals surface area contributed by atoms with Crippen LogP contribution in [0, 0.1) is 12.7 Å². The van der Waals surface area contributed by atoms with Gasteiger partial charge >= 0.3 is 0 Å². The monoisotopic (exact) mass is 228 g/mol. The van der Waals surface area contributed by atoms with Gasteiger partial charge in [-0.1, -0.05) is 24.9 Å². The molecule has 15 heavy (non-hydrogen) atoms. The summed E-state index contributed by atoms with van der Waals surface area (Å²) in [5.41, 5.74) is 0.892. The highest BCUT2D eigenvalue weighted by molar-refractivity contribution is 6.31. The largest absolute Gasteiger partial charge is 0.294 e. The van der Waals surface area contributed by atoms with Crippen LogP contribution in [0.5, 0.6) is 0 Å². The molecule has 0 heterocycles. The van der Waals surface area contributed by atoms with Crippen molar-refractivity contribution < 1.29 is 9.18 Å². The average Bonchev–Trinajstić information content (AvgIpc) is 2.20. The number of rotatable bonds is 4. The van der Waals surface area contributed by atoms with Crippen molar-refractivity contribution in [3.63, 3.8) is 0 Å². The maximum Gasteiger partial charge on any atom is 0.165 e. The third kappa shape index (κ3) is 3.03. The zero-order chi connectivity index (χ0) is 11.4. The van der Waals surface area contributed by atoms with E-state index in [9.17, 15) is 9.18 Å². The molecule has 0 amide bonds. The molecule has 0 aromatic heterocycles. The fraction of sp³-hybridized carbons (Fsp3) is 0.417. The molecule has 0 aliphatic carbocycles. The van der Waals surface area contributed by atoms with Crippen LogP contribution in [0.1, 0.15) is 42.1 Å². The van der Waals surface area contributed by atoms with Crippen molar-refractivity contribution in [2.24, 2.45) is 0 Å². The highest BCUT2D eigenvalue weighted by Gasteiger charge is 2.13. The molecule has 1 aromatic carbocycles. The summed E-state index contributed by atoms with van der Waals surface area (Å²) in [6, 6.07) is 2.73. The zero-order valence-corrected chi connectivity index (χ0v) is 9.70. The quantitative estimate of drug-likeness (QED) is 0.708. The van der Waals surface area contributed by atoms with Crippen LogP contribution in [0.2, 0.25) is 5.02 Å². The Morgan fingerprint density at radius 2 is 2.13 bits per heavy atom. The summed E-state index contributed by atoms with van der Waals surface area (Å²) in [5, 5.41) is 0.361. The van der Waals surface area contributed by atoms with Crippen LogP contribution in [-0.2, 0) is 0 Å². The van der Waals surface area contributed by atoms with Crippen molar-refractivity contribution in [2.75, 3.05) is 0 Å². The maximum atomic E-state index is 13.4. The lowest BCUT2D eigenvalue weighted by Gasteiger charge is -2.05. The van der Waals surface area contributed by atoms with E-state index in [0.29, 0.717) is 11.4 Å². The Morgan fingerprint density at radius 3 is 2.73 bits per heavy atom. The molecule has 0 bridgehead atoms. The number of benzene rings is 1. The number of carbonyl (C=O) groups excluding carboxylic acids is 1. The third-order valence-electron chi connectivity index (χ3n) is 2.31. The number of halogens is 2. The molecule has 0 aliphatic heterocycles. The van der Waals surface area contributed by atoms with Crippen LogP contribution in [-0.4, -0.2) is 5.78 Å². The van der Waals surface area contributed by atoms with E-state index in [1.807, 2.05) is 6.92 Å². The standard InChI is InChI=1S/C12H14ClFO/c1-3-4-5-12(15)9-6-8(2)10(13)7-11(9)14/h6-7H,3-5H2,1-2H3. The molecule has 3 heteroatoms. The van der Waals surface area contributed by atoms with E-state index in [1.54, 1.807) is 6.92 Å². The molecule has 1 aromatic rings. The molecule has 0 aliphatic rings. The first-order valence-corrected chi connectivity index (χ1v) is 5.43. The van der Waals surface area contributed by atoms with Gasteiger partial charge in [-0.15, -0.1) is 0 Å². The summed E-state index contributed by atoms with van der Waals surface area (Å²) in [6.07, 6.45) is 2.12. The molecular formula is C12H14ClFO. The van der Waals surface area contributed by atoms with Gasteiger partial charge in [0.15, 0.2) is 5.78 Å². The van der Waals surface area contributed by atoms with Gasteiger partial charge in [0.2, 0.25) is 0 Å². The summed E-state index contributed by atoms with van der Waals surface area (Å²) in [4.78, 5) is 11.6. The van der Waals surface area contributed by atoms with E-state index >= 15 is 0 Å². The van der Waals surface area contributed by atoms with Gasteiger partial charge in [0.1, 0.15) is 5.82 Å². The van der Waals surface area contributed by atoms with Crippen LogP contribution >= 0.6 is 11.6 Å². The second-order valence-corrected chi connectivity index (χ2v) is 4.02. The van der Waals surface area contributed by atoms with E-state index < -0.39 is 5.82 Å². The Hall–Kier alpha value is -0.890. The number of ketones is 1. The Kier molecular flexibility index (Phi) is 4.28. The molecular weight excluding hydrogens is 215 g/mol. The highest BCUT2D eigenvalue weighted by atomic mass is 35.5. The predicted octanol–water partition coefficient (Wildman–Crippen LogP) is 4.16. The first-order valence-electron chi connectivity index (χ1n) is 5.05. The molecule has 82 valence electrons. The average molecular weight is 229 g/mol. The molecule has 0 saturated heterocycles. The smallest absolute Gasteiger partial charge is 0.165 e. The van der Waals surface area contributed by atoms with E-state index in [0.717, 1.165) is 18.4 Å². The van der Waals surface area contributed by atoms with Gasteiger partial charge in [0.25, 0.3) is 0 Å². The number of Topliss-reactive ketones (excluding diaryl/α,β-unsaturated/α-hetero) is 1. The van der Waals surface area contributed by atoms with Gasteiger partial charge in [0.05, 0.1) is 5.56 Å². The van der Waals surface area contributed by atoms with Gasteiger partial charge in [-0.05, 0) is 31.0 Å². The first-order chi connectivity index (χ1) is 7.06. The van der Waals surface area contributed by atoms with Gasteiger partial charge in [0, 0.05) is 11.4 Å². The Labute approximate surface area is 94.3 Å². The number of hydrogen-bond donors (Lipinski definition) is 0. The van der Waals surface area contributed by atoms with Gasteiger partial charge < -0.3 is 0 Å². The van der Waals surface area contributed by atoms with Crippen LogP contribution in [0.15, 0.2) is 12.1 Å². The molecule has 0 atom stereocenters. The van der Waals surface area contributed by atoms with Gasteiger partial charge in [-0.3, -0.25) is 4.79 Å². The lowest BCUT2D eigenvalue weighted by molar-refractivity contribution is 0.0976. The summed E-state index contributed by atoms with van der Waals surface area (Å²) >= 11 is 5.74.